The first-order valence-electron chi connectivity index (χ1n) is 9.50. The van der Waals surface area contributed by atoms with E-state index in [1.54, 1.807) is 13.1 Å². The summed E-state index contributed by atoms with van der Waals surface area (Å²) in [4.78, 5) is 37.0. The van der Waals surface area contributed by atoms with Gasteiger partial charge in [0, 0.05) is 24.3 Å². The molecule has 0 amide bonds. The second kappa shape index (κ2) is 8.14. The molecule has 2 N–H and O–H groups in total. The first kappa shape index (κ1) is 20.1. The van der Waals surface area contributed by atoms with Crippen LogP contribution in [0.4, 0.5) is 0 Å². The first-order chi connectivity index (χ1) is 13.4. The van der Waals surface area contributed by atoms with Crippen molar-refractivity contribution in [3.8, 4) is 5.75 Å². The van der Waals surface area contributed by atoms with Gasteiger partial charge < -0.3 is 19.9 Å². The van der Waals surface area contributed by atoms with Crippen LogP contribution in [-0.4, -0.2) is 42.9 Å². The number of phenolic OH excluding ortho intramolecular Hbond substituents is 1. The Kier molecular flexibility index (Phi) is 5.84. The summed E-state index contributed by atoms with van der Waals surface area (Å²) in [6.07, 6.45) is 3.25. The molecule has 0 radical (unpaired) electrons. The molecule has 7 heteroatoms. The molecule has 0 bridgehead atoms. The Labute approximate surface area is 163 Å². The van der Waals surface area contributed by atoms with Gasteiger partial charge in [-0.2, -0.15) is 0 Å². The molecule has 2 aliphatic rings. The minimum Gasteiger partial charge on any atom is -0.507 e. The molecule has 1 aromatic rings. The molecule has 1 aliphatic heterocycles. The maximum atomic E-state index is 12.7. The molecule has 0 saturated heterocycles. The second-order valence-corrected chi connectivity index (χ2v) is 7.10. The van der Waals surface area contributed by atoms with Crippen molar-refractivity contribution in [2.75, 3.05) is 14.2 Å². The lowest BCUT2D eigenvalue weighted by atomic mass is 9.82. The molecule has 0 unspecified atom stereocenters. The zero-order valence-electron chi connectivity index (χ0n) is 16.3. The fourth-order valence-corrected chi connectivity index (χ4v) is 3.88. The normalized spacial score (nSPS) is 20.9. The van der Waals surface area contributed by atoms with Gasteiger partial charge in [-0.15, -0.1) is 0 Å². The zero-order chi connectivity index (χ0) is 20.4. The topological polar surface area (TPSA) is 102 Å². The molecule has 2 atom stereocenters. The Bertz CT molecular complexity index is 857. The van der Waals surface area contributed by atoms with Gasteiger partial charge in [0.2, 0.25) is 5.78 Å². The highest BCUT2D eigenvalue weighted by Crippen LogP contribution is 2.44. The minimum absolute atomic E-state index is 0.0271. The summed E-state index contributed by atoms with van der Waals surface area (Å²) in [6.45, 7) is 2.05. The number of allylic oxidation sites excluding steroid dienone is 2. The number of ketones is 2. The third-order valence-corrected chi connectivity index (χ3v) is 5.27. The van der Waals surface area contributed by atoms with Gasteiger partial charge in [0.1, 0.15) is 5.75 Å². The van der Waals surface area contributed by atoms with E-state index < -0.39 is 18.0 Å². The van der Waals surface area contributed by atoms with E-state index in [1.165, 1.54) is 13.2 Å². The number of rotatable bonds is 6. The van der Waals surface area contributed by atoms with Crippen LogP contribution < -0.4 is 5.32 Å². The number of unbranched alkanes of at least 4 members (excludes halogenated alkanes) is 1. The van der Waals surface area contributed by atoms with Crippen molar-refractivity contribution in [2.24, 2.45) is 0 Å². The van der Waals surface area contributed by atoms with Crippen LogP contribution in [0.2, 0.25) is 0 Å². The van der Waals surface area contributed by atoms with E-state index in [-0.39, 0.29) is 40.7 Å². The largest absolute Gasteiger partial charge is 0.507 e. The van der Waals surface area contributed by atoms with E-state index in [1.807, 2.05) is 0 Å². The average molecular weight is 387 g/mol. The van der Waals surface area contributed by atoms with Crippen LogP contribution in [0.1, 0.15) is 70.6 Å². The van der Waals surface area contributed by atoms with Crippen LogP contribution >= 0.6 is 0 Å². The summed E-state index contributed by atoms with van der Waals surface area (Å²) in [5.74, 6) is -1.31. The molecule has 0 saturated carbocycles. The molecule has 1 aromatic carbocycles. The lowest BCUT2D eigenvalue weighted by Gasteiger charge is -2.34. The molecule has 0 spiro atoms. The highest BCUT2D eigenvalue weighted by molar-refractivity contribution is 6.25. The summed E-state index contributed by atoms with van der Waals surface area (Å²) in [5, 5.41) is 13.6. The number of carbonyl (C=O) groups excluding carboxylic acids is 3. The molecule has 0 fully saturated rings. The molecule has 0 aromatic heterocycles. The number of esters is 1. The number of nitrogens with one attached hydrogen (secondary N) is 1. The average Bonchev–Trinajstić information content (AvgIpc) is 2.68. The molecule has 28 heavy (non-hydrogen) atoms. The summed E-state index contributed by atoms with van der Waals surface area (Å²) < 4.78 is 10.8. The van der Waals surface area contributed by atoms with Crippen LogP contribution in [0.3, 0.4) is 0 Å². The Hall–Kier alpha value is -2.67. The summed E-state index contributed by atoms with van der Waals surface area (Å²) >= 11 is 0. The lowest BCUT2D eigenvalue weighted by molar-refractivity contribution is -0.145. The highest BCUT2D eigenvalue weighted by atomic mass is 16.5. The van der Waals surface area contributed by atoms with E-state index in [9.17, 15) is 19.5 Å². The smallest absolute Gasteiger partial charge is 0.308 e. The van der Waals surface area contributed by atoms with E-state index in [0.717, 1.165) is 18.4 Å². The summed E-state index contributed by atoms with van der Waals surface area (Å²) in [7, 11) is 2.90. The van der Waals surface area contributed by atoms with Gasteiger partial charge >= 0.3 is 5.97 Å². The number of carbonyl (C=O) groups is 3. The second-order valence-electron chi connectivity index (χ2n) is 7.10. The maximum Gasteiger partial charge on any atom is 0.308 e. The van der Waals surface area contributed by atoms with Crippen molar-refractivity contribution >= 4 is 17.5 Å². The Morgan fingerprint density at radius 2 is 2.14 bits per heavy atom. The predicted octanol–water partition coefficient (Wildman–Crippen LogP) is 2.61. The zero-order valence-corrected chi connectivity index (χ0v) is 16.3. The predicted molar refractivity (Wildman–Crippen MR) is 101 cm³/mol. The quantitative estimate of drug-likeness (QED) is 0.724. The van der Waals surface area contributed by atoms with Crippen molar-refractivity contribution in [3.63, 3.8) is 0 Å². The number of ether oxygens (including phenoxy) is 2. The number of aromatic hydroxyl groups is 1. The Morgan fingerprint density at radius 1 is 1.39 bits per heavy atom. The van der Waals surface area contributed by atoms with Gasteiger partial charge in [-0.25, -0.2) is 0 Å². The van der Waals surface area contributed by atoms with Crippen LogP contribution in [0, 0.1) is 0 Å². The van der Waals surface area contributed by atoms with Crippen molar-refractivity contribution < 1.29 is 29.0 Å². The van der Waals surface area contributed by atoms with Gasteiger partial charge in [0.05, 0.1) is 37.0 Å². The van der Waals surface area contributed by atoms with Gasteiger partial charge in [-0.1, -0.05) is 19.8 Å². The number of hydrogen-bond acceptors (Lipinski definition) is 7. The summed E-state index contributed by atoms with van der Waals surface area (Å²) in [6, 6.07) is 1.67. The monoisotopic (exact) mass is 387 g/mol. The number of hydrogen-bond donors (Lipinski definition) is 2. The molecule has 1 heterocycles. The number of benzene rings is 1. The van der Waals surface area contributed by atoms with Crippen molar-refractivity contribution in [1.82, 2.24) is 5.32 Å². The number of Topliss-reactive ketones (excluding diaryl/α,β-unsaturated/α-hetero) is 1. The number of phenols is 1. The standard InChI is InChI=1S/C21H25NO6/c1-4-5-6-16-18-11(7-12(28-16)9-17(24)27-3)8-13-19(21(18)26)15(23)10-14(22-2)20(13)25/h8,10,12,16,22,26H,4-7,9H2,1-3H3/t12-,16-/m1/s1. The van der Waals surface area contributed by atoms with Crippen molar-refractivity contribution in [1.29, 1.82) is 0 Å². The van der Waals surface area contributed by atoms with Crippen LogP contribution in [0.5, 0.6) is 5.75 Å². The maximum absolute atomic E-state index is 12.7. The Morgan fingerprint density at radius 3 is 2.79 bits per heavy atom. The van der Waals surface area contributed by atoms with E-state index in [4.69, 9.17) is 9.47 Å². The fraction of sp³-hybridized carbons (Fsp3) is 0.476. The summed E-state index contributed by atoms with van der Waals surface area (Å²) in [5.41, 5.74) is 1.68. The highest BCUT2D eigenvalue weighted by Gasteiger charge is 2.37. The Balaban J connectivity index is 2.08. The SMILES string of the molecule is CCCC[C@H]1O[C@@H](CC(=O)OC)Cc2cc3c(c(O)c21)C(=O)C=C(NC)C3=O. The minimum atomic E-state index is -0.443. The molecule has 3 rings (SSSR count). The van der Waals surface area contributed by atoms with Gasteiger partial charge in [-0.3, -0.25) is 14.4 Å². The first-order valence-corrected chi connectivity index (χ1v) is 9.50. The number of fused-ring (bicyclic) bond motifs is 2. The van der Waals surface area contributed by atoms with E-state index >= 15 is 0 Å². The van der Waals surface area contributed by atoms with Crippen LogP contribution in [-0.2, 0) is 20.7 Å². The van der Waals surface area contributed by atoms with E-state index in [0.29, 0.717) is 18.4 Å². The van der Waals surface area contributed by atoms with Crippen LogP contribution in [0.15, 0.2) is 17.8 Å². The van der Waals surface area contributed by atoms with Crippen molar-refractivity contribution in [2.45, 2.75) is 51.2 Å². The third kappa shape index (κ3) is 3.54. The van der Waals surface area contributed by atoms with Gasteiger partial charge in [-0.05, 0) is 24.5 Å². The molecule has 1 aliphatic carbocycles. The fourth-order valence-electron chi connectivity index (χ4n) is 3.88. The lowest BCUT2D eigenvalue weighted by Crippen LogP contribution is -2.31. The number of likely N-dealkylation sites (N-methyl/N-ethyl adjacent to an activating group) is 1. The van der Waals surface area contributed by atoms with Crippen LogP contribution in [0.25, 0.3) is 0 Å². The number of methoxy groups -OCH3 is 1. The molecular weight excluding hydrogens is 362 g/mol. The molecular formula is C21H25NO6. The molecule has 7 nitrogen and oxygen atoms in total. The third-order valence-electron chi connectivity index (χ3n) is 5.27. The van der Waals surface area contributed by atoms with Gasteiger partial charge in [0.15, 0.2) is 5.78 Å². The molecule has 150 valence electrons. The van der Waals surface area contributed by atoms with E-state index in [2.05, 4.69) is 12.2 Å². The van der Waals surface area contributed by atoms with Gasteiger partial charge in [0.25, 0.3) is 0 Å². The van der Waals surface area contributed by atoms with Crippen molar-refractivity contribution in [3.05, 3.63) is 40.1 Å².